The summed E-state index contributed by atoms with van der Waals surface area (Å²) in [5.41, 5.74) is 0. The number of halogens is 1. The molecule has 7 heteroatoms. The van der Waals surface area contributed by atoms with Gasteiger partial charge in [0.2, 0.25) is 0 Å². The van der Waals surface area contributed by atoms with Crippen molar-refractivity contribution in [1.29, 1.82) is 0 Å². The van der Waals surface area contributed by atoms with Crippen molar-refractivity contribution in [1.82, 2.24) is 14.8 Å². The molecule has 0 saturated heterocycles. The Morgan fingerprint density at radius 1 is 1.21 bits per heavy atom. The second-order valence-electron chi connectivity index (χ2n) is 6.00. The molecule has 1 unspecified atom stereocenters. The summed E-state index contributed by atoms with van der Waals surface area (Å²) < 4.78 is 26.5. The SMILES string of the molecule is COCC(C)n1c(COc2ccccc2F)nnc1SCC(C)C. The highest BCUT2D eigenvalue weighted by molar-refractivity contribution is 7.99. The van der Waals surface area contributed by atoms with E-state index in [1.807, 2.05) is 11.5 Å². The molecular formula is C17H24FN3O2S. The van der Waals surface area contributed by atoms with Gasteiger partial charge in [0, 0.05) is 12.9 Å². The summed E-state index contributed by atoms with van der Waals surface area (Å²) in [6.07, 6.45) is 0. The molecule has 0 amide bonds. The van der Waals surface area contributed by atoms with E-state index < -0.39 is 0 Å². The molecule has 1 heterocycles. The summed E-state index contributed by atoms with van der Waals surface area (Å²) in [6, 6.07) is 6.41. The smallest absolute Gasteiger partial charge is 0.191 e. The second kappa shape index (κ2) is 9.03. The molecule has 0 aliphatic heterocycles. The van der Waals surface area contributed by atoms with Crippen molar-refractivity contribution >= 4 is 11.8 Å². The minimum Gasteiger partial charge on any atom is -0.483 e. The average Bonchev–Trinajstić information content (AvgIpc) is 2.95. The fourth-order valence-corrected chi connectivity index (χ4v) is 3.21. The Hall–Kier alpha value is -1.60. The fraction of sp³-hybridized carbons (Fsp3) is 0.529. The highest BCUT2D eigenvalue weighted by atomic mass is 32.2. The van der Waals surface area contributed by atoms with Gasteiger partial charge < -0.3 is 9.47 Å². The summed E-state index contributed by atoms with van der Waals surface area (Å²) >= 11 is 1.66. The number of para-hydroxylation sites is 1. The Bertz CT molecular complexity index is 649. The predicted octanol–water partition coefficient (Wildman–Crippen LogP) is 3.95. The molecular weight excluding hydrogens is 329 g/mol. The van der Waals surface area contributed by atoms with Gasteiger partial charge in [-0.15, -0.1) is 10.2 Å². The van der Waals surface area contributed by atoms with Gasteiger partial charge >= 0.3 is 0 Å². The molecule has 0 aliphatic rings. The molecule has 1 atom stereocenters. The summed E-state index contributed by atoms with van der Waals surface area (Å²) in [6.45, 7) is 7.06. The third kappa shape index (κ3) is 4.95. The van der Waals surface area contributed by atoms with E-state index in [4.69, 9.17) is 9.47 Å². The molecule has 0 bridgehead atoms. The standard InChI is InChI=1S/C17H24FN3O2S/c1-12(2)11-24-17-20-19-16(21(17)13(3)9-22-4)10-23-15-8-6-5-7-14(15)18/h5-8,12-13H,9-11H2,1-4H3. The zero-order chi connectivity index (χ0) is 17.5. The van der Waals surface area contributed by atoms with Gasteiger partial charge in [-0.25, -0.2) is 4.39 Å². The monoisotopic (exact) mass is 353 g/mol. The summed E-state index contributed by atoms with van der Waals surface area (Å²) in [7, 11) is 1.66. The molecule has 2 aromatic rings. The average molecular weight is 353 g/mol. The fourth-order valence-electron chi connectivity index (χ4n) is 2.21. The Balaban J connectivity index is 2.17. The lowest BCUT2D eigenvalue weighted by molar-refractivity contribution is 0.154. The van der Waals surface area contributed by atoms with Crippen LogP contribution in [-0.2, 0) is 11.3 Å². The van der Waals surface area contributed by atoms with E-state index in [2.05, 4.69) is 24.0 Å². The zero-order valence-electron chi connectivity index (χ0n) is 14.5. The van der Waals surface area contributed by atoms with Crippen LogP contribution in [0.2, 0.25) is 0 Å². The van der Waals surface area contributed by atoms with Crippen LogP contribution in [0.15, 0.2) is 29.4 Å². The molecule has 1 aromatic carbocycles. The lowest BCUT2D eigenvalue weighted by Crippen LogP contribution is -2.17. The van der Waals surface area contributed by atoms with Crippen molar-refractivity contribution in [2.24, 2.45) is 5.92 Å². The Morgan fingerprint density at radius 3 is 2.62 bits per heavy atom. The summed E-state index contributed by atoms with van der Waals surface area (Å²) in [5, 5.41) is 9.34. The first-order valence-corrected chi connectivity index (χ1v) is 8.94. The number of aromatic nitrogens is 3. The first-order chi connectivity index (χ1) is 11.5. The van der Waals surface area contributed by atoms with Crippen molar-refractivity contribution in [3.05, 3.63) is 35.9 Å². The van der Waals surface area contributed by atoms with E-state index in [-0.39, 0.29) is 24.2 Å². The first kappa shape index (κ1) is 18.7. The van der Waals surface area contributed by atoms with Gasteiger partial charge in [-0.3, -0.25) is 4.57 Å². The number of rotatable bonds is 9. The molecule has 24 heavy (non-hydrogen) atoms. The van der Waals surface area contributed by atoms with Gasteiger partial charge in [0.1, 0.15) is 6.61 Å². The van der Waals surface area contributed by atoms with E-state index in [0.717, 1.165) is 10.9 Å². The summed E-state index contributed by atoms with van der Waals surface area (Å²) in [4.78, 5) is 0. The number of benzene rings is 1. The van der Waals surface area contributed by atoms with Crippen LogP contribution in [0.4, 0.5) is 4.39 Å². The van der Waals surface area contributed by atoms with Gasteiger partial charge in [0.25, 0.3) is 0 Å². The maximum atomic E-state index is 13.7. The van der Waals surface area contributed by atoms with Crippen molar-refractivity contribution < 1.29 is 13.9 Å². The summed E-state index contributed by atoms with van der Waals surface area (Å²) in [5.74, 6) is 1.99. The molecule has 2 rings (SSSR count). The molecule has 0 saturated carbocycles. The van der Waals surface area contributed by atoms with Gasteiger partial charge in [-0.2, -0.15) is 0 Å². The third-order valence-electron chi connectivity index (χ3n) is 3.32. The number of thioether (sulfide) groups is 1. The van der Waals surface area contributed by atoms with Crippen LogP contribution < -0.4 is 4.74 Å². The van der Waals surface area contributed by atoms with Crippen LogP contribution in [0.5, 0.6) is 5.75 Å². The largest absolute Gasteiger partial charge is 0.483 e. The van der Waals surface area contributed by atoms with E-state index >= 15 is 0 Å². The first-order valence-electron chi connectivity index (χ1n) is 7.95. The minimum atomic E-state index is -0.386. The lowest BCUT2D eigenvalue weighted by Gasteiger charge is -2.17. The van der Waals surface area contributed by atoms with E-state index in [1.54, 1.807) is 37.1 Å². The zero-order valence-corrected chi connectivity index (χ0v) is 15.3. The number of hydrogen-bond donors (Lipinski definition) is 0. The lowest BCUT2D eigenvalue weighted by atomic mass is 10.3. The predicted molar refractivity (Wildman–Crippen MR) is 92.9 cm³/mol. The van der Waals surface area contributed by atoms with Crippen LogP contribution >= 0.6 is 11.8 Å². The molecule has 0 radical (unpaired) electrons. The van der Waals surface area contributed by atoms with Gasteiger partial charge in [-0.05, 0) is 25.0 Å². The number of nitrogens with zero attached hydrogens (tertiary/aromatic N) is 3. The van der Waals surface area contributed by atoms with Crippen LogP contribution in [0, 0.1) is 11.7 Å². The minimum absolute atomic E-state index is 0.0684. The van der Waals surface area contributed by atoms with Crippen LogP contribution in [0.3, 0.4) is 0 Å². The highest BCUT2D eigenvalue weighted by Crippen LogP contribution is 2.25. The molecule has 5 nitrogen and oxygen atoms in total. The maximum absolute atomic E-state index is 13.7. The molecule has 1 aromatic heterocycles. The van der Waals surface area contributed by atoms with Gasteiger partial charge in [-0.1, -0.05) is 37.7 Å². The quantitative estimate of drug-likeness (QED) is 0.639. The van der Waals surface area contributed by atoms with E-state index in [0.29, 0.717) is 18.3 Å². The third-order valence-corrected chi connectivity index (χ3v) is 4.69. The van der Waals surface area contributed by atoms with Crippen molar-refractivity contribution in [2.45, 2.75) is 38.6 Å². The number of hydrogen-bond acceptors (Lipinski definition) is 5. The normalized spacial score (nSPS) is 12.6. The van der Waals surface area contributed by atoms with Gasteiger partial charge in [0.05, 0.1) is 12.6 Å². The Kier molecular flexibility index (Phi) is 7.05. The number of methoxy groups -OCH3 is 1. The Labute approximate surface area is 146 Å². The maximum Gasteiger partial charge on any atom is 0.191 e. The van der Waals surface area contributed by atoms with E-state index in [1.165, 1.54) is 6.07 Å². The van der Waals surface area contributed by atoms with Crippen LogP contribution in [-0.4, -0.2) is 34.2 Å². The number of ether oxygens (including phenoxy) is 2. The Morgan fingerprint density at radius 2 is 1.96 bits per heavy atom. The van der Waals surface area contributed by atoms with Crippen LogP contribution in [0.25, 0.3) is 0 Å². The highest BCUT2D eigenvalue weighted by Gasteiger charge is 2.19. The van der Waals surface area contributed by atoms with Gasteiger partial charge in [0.15, 0.2) is 22.5 Å². The molecule has 0 aliphatic carbocycles. The molecule has 0 spiro atoms. The molecule has 0 fully saturated rings. The van der Waals surface area contributed by atoms with Crippen molar-refractivity contribution in [3.8, 4) is 5.75 Å². The van der Waals surface area contributed by atoms with Crippen molar-refractivity contribution in [2.75, 3.05) is 19.5 Å². The van der Waals surface area contributed by atoms with Crippen molar-refractivity contribution in [3.63, 3.8) is 0 Å². The molecule has 132 valence electrons. The molecule has 0 N–H and O–H groups in total. The topological polar surface area (TPSA) is 49.2 Å². The second-order valence-corrected chi connectivity index (χ2v) is 6.98. The van der Waals surface area contributed by atoms with E-state index in [9.17, 15) is 4.39 Å². The van der Waals surface area contributed by atoms with Crippen LogP contribution in [0.1, 0.15) is 32.6 Å².